The van der Waals surface area contributed by atoms with Crippen LogP contribution in [-0.2, 0) is 9.53 Å². The van der Waals surface area contributed by atoms with E-state index in [0.29, 0.717) is 5.75 Å². The molecule has 0 aliphatic heterocycles. The zero-order chi connectivity index (χ0) is 13.4. The third kappa shape index (κ3) is 5.16. The molecule has 0 aliphatic carbocycles. The number of para-hydroxylation sites is 1. The van der Waals surface area contributed by atoms with E-state index in [4.69, 9.17) is 9.47 Å². The second-order valence-electron chi connectivity index (χ2n) is 3.97. The lowest BCUT2D eigenvalue weighted by Gasteiger charge is -2.12. The van der Waals surface area contributed by atoms with Crippen LogP contribution in [0.3, 0.4) is 0 Å². The molecule has 0 fully saturated rings. The highest BCUT2D eigenvalue weighted by atomic mass is 16.5. The number of hydrogen-bond acceptors (Lipinski definition) is 4. The molecule has 1 amide bonds. The number of carbonyl (C=O) groups is 1. The lowest BCUT2D eigenvalue weighted by molar-refractivity contribution is -0.123. The molecule has 1 atom stereocenters. The van der Waals surface area contributed by atoms with Crippen LogP contribution in [0.5, 0.6) is 5.75 Å². The van der Waals surface area contributed by atoms with Crippen molar-refractivity contribution in [2.45, 2.75) is 13.0 Å². The highest BCUT2D eigenvalue weighted by Crippen LogP contribution is 2.15. The maximum Gasteiger partial charge on any atom is 0.258 e. The third-order valence-electron chi connectivity index (χ3n) is 2.35. The van der Waals surface area contributed by atoms with E-state index in [2.05, 4.69) is 5.32 Å². The molecule has 5 heteroatoms. The molecule has 0 radical (unpaired) electrons. The smallest absolute Gasteiger partial charge is 0.258 e. The fraction of sp³-hybridized carbons (Fsp3) is 0.462. The van der Waals surface area contributed by atoms with Crippen molar-refractivity contribution < 1.29 is 19.4 Å². The maximum atomic E-state index is 11.4. The first-order valence-corrected chi connectivity index (χ1v) is 5.75. The van der Waals surface area contributed by atoms with E-state index >= 15 is 0 Å². The van der Waals surface area contributed by atoms with Crippen LogP contribution >= 0.6 is 0 Å². The van der Waals surface area contributed by atoms with Gasteiger partial charge in [-0.3, -0.25) is 4.79 Å². The van der Waals surface area contributed by atoms with Gasteiger partial charge in [-0.25, -0.2) is 0 Å². The number of ether oxygens (including phenoxy) is 2. The number of rotatable bonds is 7. The van der Waals surface area contributed by atoms with E-state index in [9.17, 15) is 9.90 Å². The molecule has 1 aromatic carbocycles. The maximum absolute atomic E-state index is 11.4. The molecular formula is C13H19NO4. The van der Waals surface area contributed by atoms with Crippen LogP contribution in [0.4, 0.5) is 0 Å². The van der Waals surface area contributed by atoms with Gasteiger partial charge >= 0.3 is 0 Å². The summed E-state index contributed by atoms with van der Waals surface area (Å²) in [5.41, 5.74) is 0.977. The average Bonchev–Trinajstić information content (AvgIpc) is 2.36. The summed E-state index contributed by atoms with van der Waals surface area (Å²) in [6, 6.07) is 7.48. The SMILES string of the molecule is COCC(O)CNC(=O)COc1ccccc1C. The van der Waals surface area contributed by atoms with Gasteiger partial charge in [0.25, 0.3) is 5.91 Å². The quantitative estimate of drug-likeness (QED) is 0.742. The lowest BCUT2D eigenvalue weighted by atomic mass is 10.2. The average molecular weight is 253 g/mol. The minimum absolute atomic E-state index is 0.0649. The van der Waals surface area contributed by atoms with E-state index in [-0.39, 0.29) is 25.7 Å². The summed E-state index contributed by atoms with van der Waals surface area (Å²) in [5.74, 6) is 0.415. The van der Waals surface area contributed by atoms with Gasteiger partial charge in [-0.15, -0.1) is 0 Å². The minimum Gasteiger partial charge on any atom is -0.484 e. The number of methoxy groups -OCH3 is 1. The molecule has 0 aliphatic rings. The van der Waals surface area contributed by atoms with Crippen LogP contribution in [0, 0.1) is 6.92 Å². The summed E-state index contributed by atoms with van der Waals surface area (Å²) in [4.78, 5) is 11.4. The molecule has 0 spiro atoms. The first-order valence-electron chi connectivity index (χ1n) is 5.75. The monoisotopic (exact) mass is 253 g/mol. The Kier molecular flexibility index (Phi) is 6.18. The van der Waals surface area contributed by atoms with Gasteiger partial charge in [-0.2, -0.15) is 0 Å². The van der Waals surface area contributed by atoms with E-state index in [1.54, 1.807) is 0 Å². The van der Waals surface area contributed by atoms with Gasteiger partial charge in [-0.05, 0) is 18.6 Å². The molecule has 18 heavy (non-hydrogen) atoms. The number of aliphatic hydroxyl groups excluding tert-OH is 1. The Morgan fingerprint density at radius 1 is 1.44 bits per heavy atom. The molecule has 0 saturated heterocycles. The first kappa shape index (κ1) is 14.5. The number of hydrogen-bond donors (Lipinski definition) is 2. The highest BCUT2D eigenvalue weighted by molar-refractivity contribution is 5.77. The van der Waals surface area contributed by atoms with Crippen molar-refractivity contribution in [3.8, 4) is 5.75 Å². The Hall–Kier alpha value is -1.59. The molecule has 1 rings (SSSR count). The van der Waals surface area contributed by atoms with Crippen molar-refractivity contribution in [1.82, 2.24) is 5.32 Å². The van der Waals surface area contributed by atoms with Gasteiger partial charge < -0.3 is 19.9 Å². The minimum atomic E-state index is -0.697. The molecule has 0 bridgehead atoms. The second kappa shape index (κ2) is 7.68. The largest absolute Gasteiger partial charge is 0.484 e. The summed E-state index contributed by atoms with van der Waals surface area (Å²) >= 11 is 0. The first-order chi connectivity index (χ1) is 8.63. The number of aryl methyl sites for hydroxylation is 1. The van der Waals surface area contributed by atoms with Crippen molar-refractivity contribution in [1.29, 1.82) is 0 Å². The van der Waals surface area contributed by atoms with E-state index in [1.807, 2.05) is 31.2 Å². The van der Waals surface area contributed by atoms with E-state index in [0.717, 1.165) is 5.56 Å². The van der Waals surface area contributed by atoms with E-state index in [1.165, 1.54) is 7.11 Å². The Morgan fingerprint density at radius 3 is 2.83 bits per heavy atom. The predicted octanol–water partition coefficient (Wildman–Crippen LogP) is 0.497. The molecule has 1 unspecified atom stereocenters. The van der Waals surface area contributed by atoms with Crippen molar-refractivity contribution in [2.24, 2.45) is 0 Å². The van der Waals surface area contributed by atoms with Gasteiger partial charge in [-0.1, -0.05) is 18.2 Å². The van der Waals surface area contributed by atoms with Crippen molar-refractivity contribution in [2.75, 3.05) is 26.9 Å². The molecule has 2 N–H and O–H groups in total. The zero-order valence-electron chi connectivity index (χ0n) is 10.7. The summed E-state index contributed by atoms with van der Waals surface area (Å²) in [7, 11) is 1.49. The third-order valence-corrected chi connectivity index (χ3v) is 2.35. The number of aliphatic hydroxyl groups is 1. The van der Waals surface area contributed by atoms with Crippen molar-refractivity contribution in [3.05, 3.63) is 29.8 Å². The summed E-state index contributed by atoms with van der Waals surface area (Å²) in [6.45, 7) is 2.20. The number of nitrogens with one attached hydrogen (secondary N) is 1. The molecule has 0 saturated carbocycles. The van der Waals surface area contributed by atoms with E-state index < -0.39 is 6.10 Å². The Labute approximate surface area is 107 Å². The van der Waals surface area contributed by atoms with Crippen LogP contribution < -0.4 is 10.1 Å². The summed E-state index contributed by atoms with van der Waals surface area (Å²) in [5, 5.41) is 11.9. The summed E-state index contributed by atoms with van der Waals surface area (Å²) < 4.78 is 10.1. The molecule has 100 valence electrons. The zero-order valence-corrected chi connectivity index (χ0v) is 10.7. The Balaban J connectivity index is 2.27. The lowest BCUT2D eigenvalue weighted by Crippen LogP contribution is -2.37. The van der Waals surface area contributed by atoms with Gasteiger partial charge in [0.1, 0.15) is 5.75 Å². The molecule has 5 nitrogen and oxygen atoms in total. The number of benzene rings is 1. The van der Waals surface area contributed by atoms with Gasteiger partial charge in [0.15, 0.2) is 6.61 Å². The Bertz CT molecular complexity index is 381. The fourth-order valence-corrected chi connectivity index (χ4v) is 1.40. The molecule has 0 heterocycles. The van der Waals surface area contributed by atoms with Gasteiger partial charge in [0.05, 0.1) is 12.7 Å². The van der Waals surface area contributed by atoms with Crippen LogP contribution in [-0.4, -0.2) is 44.0 Å². The van der Waals surface area contributed by atoms with Crippen LogP contribution in [0.2, 0.25) is 0 Å². The Morgan fingerprint density at radius 2 is 2.17 bits per heavy atom. The molecular weight excluding hydrogens is 234 g/mol. The van der Waals surface area contributed by atoms with Crippen molar-refractivity contribution in [3.63, 3.8) is 0 Å². The van der Waals surface area contributed by atoms with Crippen LogP contribution in [0.1, 0.15) is 5.56 Å². The predicted molar refractivity (Wildman–Crippen MR) is 67.6 cm³/mol. The van der Waals surface area contributed by atoms with Gasteiger partial charge in [0, 0.05) is 13.7 Å². The van der Waals surface area contributed by atoms with Crippen LogP contribution in [0.15, 0.2) is 24.3 Å². The standard InChI is InChI=1S/C13H19NO4/c1-10-5-3-4-6-12(10)18-9-13(16)14-7-11(15)8-17-2/h3-6,11,15H,7-9H2,1-2H3,(H,14,16). The normalized spacial score (nSPS) is 11.9. The fourth-order valence-electron chi connectivity index (χ4n) is 1.40. The molecule has 0 aromatic heterocycles. The number of carbonyl (C=O) groups excluding carboxylic acids is 1. The van der Waals surface area contributed by atoms with Gasteiger partial charge in [0.2, 0.25) is 0 Å². The van der Waals surface area contributed by atoms with Crippen LogP contribution in [0.25, 0.3) is 0 Å². The molecule has 1 aromatic rings. The second-order valence-corrected chi connectivity index (χ2v) is 3.97. The summed E-state index contributed by atoms with van der Waals surface area (Å²) in [6.07, 6.45) is -0.697. The topological polar surface area (TPSA) is 67.8 Å². The van der Waals surface area contributed by atoms with Crippen molar-refractivity contribution >= 4 is 5.91 Å². The highest BCUT2D eigenvalue weighted by Gasteiger charge is 2.07. The number of amides is 1.